The van der Waals surface area contributed by atoms with E-state index < -0.39 is 23.2 Å². The van der Waals surface area contributed by atoms with Crippen LogP contribution >= 0.6 is 11.6 Å². The number of carboxylic acid groups (broad SMARTS) is 1. The van der Waals surface area contributed by atoms with Crippen molar-refractivity contribution in [1.29, 1.82) is 0 Å². The molecule has 0 aliphatic carbocycles. The van der Waals surface area contributed by atoms with Gasteiger partial charge in [0.1, 0.15) is 11.4 Å². The van der Waals surface area contributed by atoms with E-state index in [0.29, 0.717) is 0 Å². The Bertz CT molecular complexity index is 534. The van der Waals surface area contributed by atoms with Crippen LogP contribution in [0.5, 0.6) is 0 Å². The van der Waals surface area contributed by atoms with Gasteiger partial charge in [0.15, 0.2) is 0 Å². The first-order valence-electron chi connectivity index (χ1n) is 5.84. The fraction of sp³-hybridized carbons (Fsp3) is 0.385. The van der Waals surface area contributed by atoms with Crippen LogP contribution < -0.4 is 5.32 Å². The lowest BCUT2D eigenvalue weighted by molar-refractivity contribution is -0.148. The Kier molecular flexibility index (Phi) is 5.08. The number of nitrogens with zero attached hydrogens (tertiary/aromatic N) is 1. The van der Waals surface area contributed by atoms with Crippen LogP contribution in [-0.4, -0.2) is 41.0 Å². The topological polar surface area (TPSA) is 69.6 Å². The number of carboxylic acids is 1. The number of nitrogens with one attached hydrogen (secondary N) is 1. The second-order valence-electron chi connectivity index (χ2n) is 4.89. The van der Waals surface area contributed by atoms with Crippen LogP contribution in [0.1, 0.15) is 13.8 Å². The summed E-state index contributed by atoms with van der Waals surface area (Å²) in [5.41, 5.74) is -1.20. The van der Waals surface area contributed by atoms with Crippen molar-refractivity contribution in [2.75, 3.05) is 18.9 Å². The average molecular weight is 303 g/mol. The predicted molar refractivity (Wildman–Crippen MR) is 74.4 cm³/mol. The molecule has 1 aromatic rings. The fourth-order valence-electron chi connectivity index (χ4n) is 1.36. The minimum absolute atomic E-state index is 0.000862. The molecule has 0 fully saturated rings. The molecule has 0 atom stereocenters. The number of likely N-dealkylation sites (N-methyl/N-ethyl adjacent to an activating group) is 1. The zero-order valence-corrected chi connectivity index (χ0v) is 12.2. The maximum absolute atomic E-state index is 13.5. The Hall–Kier alpha value is -1.66. The number of anilines is 1. The minimum atomic E-state index is -1.20. The van der Waals surface area contributed by atoms with Gasteiger partial charge in [0, 0.05) is 5.02 Å². The molecule has 0 aliphatic heterocycles. The molecular weight excluding hydrogens is 287 g/mol. The van der Waals surface area contributed by atoms with Gasteiger partial charge in [-0.1, -0.05) is 11.6 Å². The zero-order valence-electron chi connectivity index (χ0n) is 11.4. The molecule has 2 N–H and O–H groups in total. The van der Waals surface area contributed by atoms with Gasteiger partial charge in [0.05, 0.1) is 12.2 Å². The van der Waals surface area contributed by atoms with E-state index in [1.807, 2.05) is 0 Å². The van der Waals surface area contributed by atoms with Gasteiger partial charge in [-0.15, -0.1) is 0 Å². The van der Waals surface area contributed by atoms with Crippen molar-refractivity contribution in [1.82, 2.24) is 4.90 Å². The third-order valence-corrected chi connectivity index (χ3v) is 3.30. The molecule has 0 bridgehead atoms. The van der Waals surface area contributed by atoms with Crippen molar-refractivity contribution in [3.63, 3.8) is 0 Å². The van der Waals surface area contributed by atoms with Crippen molar-refractivity contribution in [3.8, 4) is 0 Å². The molecule has 0 aromatic heterocycles. The van der Waals surface area contributed by atoms with E-state index in [4.69, 9.17) is 16.7 Å². The monoisotopic (exact) mass is 302 g/mol. The molecule has 110 valence electrons. The maximum atomic E-state index is 13.5. The highest BCUT2D eigenvalue weighted by Crippen LogP contribution is 2.19. The number of aliphatic carboxylic acids is 1. The Morgan fingerprint density at radius 3 is 2.55 bits per heavy atom. The van der Waals surface area contributed by atoms with Crippen molar-refractivity contribution in [2.24, 2.45) is 0 Å². The first-order chi connectivity index (χ1) is 9.14. The van der Waals surface area contributed by atoms with E-state index in [1.54, 1.807) is 0 Å². The van der Waals surface area contributed by atoms with Gasteiger partial charge in [0.2, 0.25) is 5.91 Å². The molecule has 7 heteroatoms. The largest absolute Gasteiger partial charge is 0.480 e. The molecular formula is C13H16ClFN2O3. The molecule has 0 saturated carbocycles. The normalized spacial score (nSPS) is 11.5. The van der Waals surface area contributed by atoms with Crippen LogP contribution in [0.4, 0.5) is 10.1 Å². The molecule has 0 radical (unpaired) electrons. The van der Waals surface area contributed by atoms with Crippen molar-refractivity contribution in [3.05, 3.63) is 29.0 Å². The van der Waals surface area contributed by atoms with Crippen LogP contribution in [0, 0.1) is 5.82 Å². The molecule has 0 unspecified atom stereocenters. The number of carbonyl (C=O) groups is 2. The summed E-state index contributed by atoms with van der Waals surface area (Å²) in [6.07, 6.45) is 0. The number of amides is 1. The number of hydrogen-bond donors (Lipinski definition) is 2. The van der Waals surface area contributed by atoms with Gasteiger partial charge >= 0.3 is 5.97 Å². The van der Waals surface area contributed by atoms with E-state index >= 15 is 0 Å². The van der Waals surface area contributed by atoms with Gasteiger partial charge in [-0.3, -0.25) is 14.5 Å². The summed E-state index contributed by atoms with van der Waals surface area (Å²) < 4.78 is 13.5. The average Bonchev–Trinajstić information content (AvgIpc) is 2.32. The van der Waals surface area contributed by atoms with Crippen LogP contribution in [0.25, 0.3) is 0 Å². The van der Waals surface area contributed by atoms with Crippen LogP contribution in [-0.2, 0) is 9.59 Å². The highest BCUT2D eigenvalue weighted by molar-refractivity contribution is 6.30. The first kappa shape index (κ1) is 16.4. The Balaban J connectivity index is 2.71. The number of benzene rings is 1. The molecule has 5 nitrogen and oxygen atoms in total. The Labute approximate surface area is 121 Å². The van der Waals surface area contributed by atoms with Gasteiger partial charge in [-0.2, -0.15) is 0 Å². The highest BCUT2D eigenvalue weighted by atomic mass is 35.5. The van der Waals surface area contributed by atoms with Crippen LogP contribution in [0.3, 0.4) is 0 Å². The molecule has 0 spiro atoms. The molecule has 20 heavy (non-hydrogen) atoms. The lowest BCUT2D eigenvalue weighted by atomic mass is 10.0. The third-order valence-electron chi connectivity index (χ3n) is 3.06. The molecule has 0 heterocycles. The molecule has 1 amide bonds. The zero-order chi connectivity index (χ0) is 15.5. The van der Waals surface area contributed by atoms with E-state index in [0.717, 1.165) is 6.07 Å². The summed E-state index contributed by atoms with van der Waals surface area (Å²) in [6.45, 7) is 2.78. The lowest BCUT2D eigenvalue weighted by Crippen LogP contribution is -2.50. The smallest absolute Gasteiger partial charge is 0.323 e. The second kappa shape index (κ2) is 6.19. The van der Waals surface area contributed by atoms with Crippen molar-refractivity contribution < 1.29 is 19.1 Å². The van der Waals surface area contributed by atoms with Crippen molar-refractivity contribution in [2.45, 2.75) is 19.4 Å². The summed E-state index contributed by atoms with van der Waals surface area (Å²) in [6, 6.07) is 3.88. The summed E-state index contributed by atoms with van der Waals surface area (Å²) in [7, 11) is 1.51. The Morgan fingerprint density at radius 1 is 1.45 bits per heavy atom. The molecule has 0 saturated heterocycles. The SMILES string of the molecule is CN(CC(=O)Nc1ccc(Cl)cc1F)C(C)(C)C(=O)O. The quantitative estimate of drug-likeness (QED) is 0.875. The van der Waals surface area contributed by atoms with E-state index in [9.17, 15) is 14.0 Å². The van der Waals surface area contributed by atoms with Crippen LogP contribution in [0.2, 0.25) is 5.02 Å². The van der Waals surface area contributed by atoms with E-state index in [1.165, 1.54) is 37.9 Å². The van der Waals surface area contributed by atoms with Gasteiger partial charge in [0.25, 0.3) is 0 Å². The molecule has 1 rings (SSSR count). The Morgan fingerprint density at radius 2 is 2.05 bits per heavy atom. The number of rotatable bonds is 5. The summed E-state index contributed by atoms with van der Waals surface area (Å²) in [5, 5.41) is 11.6. The maximum Gasteiger partial charge on any atom is 0.323 e. The fourth-order valence-corrected chi connectivity index (χ4v) is 1.52. The van der Waals surface area contributed by atoms with Gasteiger partial charge in [-0.05, 0) is 39.1 Å². The van der Waals surface area contributed by atoms with Gasteiger partial charge < -0.3 is 10.4 Å². The predicted octanol–water partition coefficient (Wildman–Crippen LogP) is 2.21. The summed E-state index contributed by atoms with van der Waals surface area (Å²) >= 11 is 5.61. The summed E-state index contributed by atoms with van der Waals surface area (Å²) in [5.74, 6) is -2.21. The number of carbonyl (C=O) groups excluding carboxylic acids is 1. The number of halogens is 2. The molecule has 1 aromatic carbocycles. The number of hydrogen-bond acceptors (Lipinski definition) is 3. The van der Waals surface area contributed by atoms with Crippen molar-refractivity contribution >= 4 is 29.2 Å². The van der Waals surface area contributed by atoms with Crippen LogP contribution in [0.15, 0.2) is 18.2 Å². The van der Waals surface area contributed by atoms with Gasteiger partial charge in [-0.25, -0.2) is 4.39 Å². The van der Waals surface area contributed by atoms with E-state index in [2.05, 4.69) is 5.32 Å². The summed E-state index contributed by atoms with van der Waals surface area (Å²) in [4.78, 5) is 24.2. The third kappa shape index (κ3) is 3.91. The first-order valence-corrected chi connectivity index (χ1v) is 6.22. The standard InChI is InChI=1S/C13H16ClFN2O3/c1-13(2,12(19)20)17(3)7-11(18)16-10-5-4-8(14)6-9(10)15/h4-6H,7H2,1-3H3,(H,16,18)(H,19,20). The second-order valence-corrected chi connectivity index (χ2v) is 5.33. The highest BCUT2D eigenvalue weighted by Gasteiger charge is 2.33. The lowest BCUT2D eigenvalue weighted by Gasteiger charge is -2.30. The molecule has 0 aliphatic rings. The minimum Gasteiger partial charge on any atom is -0.480 e. The van der Waals surface area contributed by atoms with E-state index in [-0.39, 0.29) is 17.3 Å².